The van der Waals surface area contributed by atoms with Crippen molar-refractivity contribution in [3.8, 4) is 0 Å². The fourth-order valence-electron chi connectivity index (χ4n) is 1.55. The average Bonchev–Trinajstić information content (AvgIpc) is 2.63. The van der Waals surface area contributed by atoms with Crippen LogP contribution in [0.4, 0.5) is 4.39 Å². The second kappa shape index (κ2) is 4.98. The van der Waals surface area contributed by atoms with Gasteiger partial charge in [-0.15, -0.1) is 11.3 Å². The summed E-state index contributed by atoms with van der Waals surface area (Å²) < 4.78 is 14.1. The van der Waals surface area contributed by atoms with Crippen LogP contribution in [0.15, 0.2) is 34.1 Å². The van der Waals surface area contributed by atoms with Gasteiger partial charge in [0.15, 0.2) is 0 Å². The molecule has 0 amide bonds. The third kappa shape index (κ3) is 2.39. The molecule has 0 saturated carbocycles. The topological polar surface area (TPSA) is 0 Å². The van der Waals surface area contributed by atoms with E-state index in [0.717, 1.165) is 15.6 Å². The van der Waals surface area contributed by atoms with Gasteiger partial charge in [0.25, 0.3) is 0 Å². The van der Waals surface area contributed by atoms with Gasteiger partial charge < -0.3 is 0 Å². The molecule has 0 aliphatic rings. The van der Waals surface area contributed by atoms with Crippen molar-refractivity contribution in [3.63, 3.8) is 0 Å². The van der Waals surface area contributed by atoms with Gasteiger partial charge in [0.2, 0.25) is 0 Å². The summed E-state index contributed by atoms with van der Waals surface area (Å²) in [6, 6.07) is 6.91. The fraction of sp³-hybridized carbons (Fsp3) is 0.167. The molecule has 1 heterocycles. The molecule has 1 aromatic carbocycles. The number of halogens is 3. The molecule has 0 saturated heterocycles. The van der Waals surface area contributed by atoms with E-state index >= 15 is 0 Å². The maximum Gasteiger partial charge on any atom is 0.123 e. The van der Waals surface area contributed by atoms with Crippen molar-refractivity contribution in [2.75, 3.05) is 0 Å². The number of hydrogen-bond donors (Lipinski definition) is 0. The van der Waals surface area contributed by atoms with E-state index in [9.17, 15) is 4.39 Å². The first-order valence-electron chi connectivity index (χ1n) is 4.72. The molecule has 84 valence electrons. The minimum Gasteiger partial charge on any atom is -0.207 e. The van der Waals surface area contributed by atoms with Gasteiger partial charge in [0.05, 0.1) is 4.83 Å². The van der Waals surface area contributed by atoms with Gasteiger partial charge >= 0.3 is 0 Å². The minimum atomic E-state index is -0.189. The molecule has 2 aromatic rings. The molecule has 0 nitrogen and oxygen atoms in total. The zero-order valence-corrected chi connectivity index (χ0v) is 12.5. The molecule has 0 fully saturated rings. The van der Waals surface area contributed by atoms with Crippen LogP contribution in [0.2, 0.25) is 0 Å². The van der Waals surface area contributed by atoms with E-state index in [4.69, 9.17) is 0 Å². The quantitative estimate of drug-likeness (QED) is 0.623. The SMILES string of the molecule is Cc1cc(F)ccc1C(Br)c1sccc1Br. The summed E-state index contributed by atoms with van der Waals surface area (Å²) in [5.41, 5.74) is 2.06. The monoisotopic (exact) mass is 362 g/mol. The van der Waals surface area contributed by atoms with E-state index in [2.05, 4.69) is 31.9 Å². The number of thiophene rings is 1. The highest BCUT2D eigenvalue weighted by atomic mass is 79.9. The van der Waals surface area contributed by atoms with Crippen molar-refractivity contribution in [1.29, 1.82) is 0 Å². The first-order valence-corrected chi connectivity index (χ1v) is 7.31. The molecular weight excluding hydrogens is 355 g/mol. The first kappa shape index (κ1) is 12.3. The molecule has 1 aromatic heterocycles. The lowest BCUT2D eigenvalue weighted by Gasteiger charge is -2.12. The van der Waals surface area contributed by atoms with Crippen LogP contribution in [0, 0.1) is 12.7 Å². The summed E-state index contributed by atoms with van der Waals surface area (Å²) in [5, 5.41) is 2.03. The van der Waals surface area contributed by atoms with E-state index in [1.54, 1.807) is 17.4 Å². The maximum absolute atomic E-state index is 13.0. The Bertz CT molecular complexity index is 507. The van der Waals surface area contributed by atoms with E-state index in [1.807, 2.05) is 24.4 Å². The lowest BCUT2D eigenvalue weighted by molar-refractivity contribution is 0.626. The molecule has 16 heavy (non-hydrogen) atoms. The highest BCUT2D eigenvalue weighted by molar-refractivity contribution is 9.11. The minimum absolute atomic E-state index is 0.113. The number of hydrogen-bond acceptors (Lipinski definition) is 1. The van der Waals surface area contributed by atoms with Crippen LogP contribution in [0.1, 0.15) is 20.8 Å². The van der Waals surface area contributed by atoms with Gasteiger partial charge in [-0.1, -0.05) is 22.0 Å². The summed E-state index contributed by atoms with van der Waals surface area (Å²) in [6.07, 6.45) is 0. The number of benzene rings is 1. The Kier molecular flexibility index (Phi) is 3.82. The van der Waals surface area contributed by atoms with Crippen molar-refractivity contribution in [3.05, 3.63) is 55.9 Å². The third-order valence-corrected chi connectivity index (χ3v) is 5.57. The lowest BCUT2D eigenvalue weighted by atomic mass is 10.0. The molecule has 1 unspecified atom stereocenters. The summed E-state index contributed by atoms with van der Waals surface area (Å²) in [5.74, 6) is -0.189. The molecule has 2 rings (SSSR count). The molecule has 0 bridgehead atoms. The van der Waals surface area contributed by atoms with Crippen LogP contribution >= 0.6 is 43.2 Å². The van der Waals surface area contributed by atoms with Gasteiger partial charge in [0.1, 0.15) is 5.82 Å². The summed E-state index contributed by atoms with van der Waals surface area (Å²) in [4.78, 5) is 1.32. The Hall–Kier alpha value is -0.190. The van der Waals surface area contributed by atoms with Crippen molar-refractivity contribution < 1.29 is 4.39 Å². The van der Waals surface area contributed by atoms with E-state index in [0.29, 0.717) is 0 Å². The summed E-state index contributed by atoms with van der Waals surface area (Å²) in [6.45, 7) is 1.92. The van der Waals surface area contributed by atoms with Crippen molar-refractivity contribution in [2.24, 2.45) is 0 Å². The predicted octanol–water partition coefficient (Wildman–Crippen LogP) is 5.44. The first-order chi connectivity index (χ1) is 7.59. The smallest absolute Gasteiger partial charge is 0.123 e. The Morgan fingerprint density at radius 3 is 2.62 bits per heavy atom. The van der Waals surface area contributed by atoms with Gasteiger partial charge in [-0.2, -0.15) is 0 Å². The van der Waals surface area contributed by atoms with Crippen LogP contribution < -0.4 is 0 Å². The van der Waals surface area contributed by atoms with Crippen molar-refractivity contribution in [1.82, 2.24) is 0 Å². The molecule has 1 atom stereocenters. The highest BCUT2D eigenvalue weighted by Crippen LogP contribution is 2.39. The molecule has 0 aliphatic heterocycles. The Morgan fingerprint density at radius 1 is 1.31 bits per heavy atom. The molecule has 4 heteroatoms. The molecule has 0 radical (unpaired) electrons. The van der Waals surface area contributed by atoms with Gasteiger partial charge in [-0.25, -0.2) is 4.39 Å². The van der Waals surface area contributed by atoms with Crippen molar-refractivity contribution in [2.45, 2.75) is 11.8 Å². The van der Waals surface area contributed by atoms with Crippen LogP contribution in [0.3, 0.4) is 0 Å². The Morgan fingerprint density at radius 2 is 2.06 bits per heavy atom. The van der Waals surface area contributed by atoms with E-state index in [-0.39, 0.29) is 10.6 Å². The second-order valence-corrected chi connectivity index (χ2v) is 6.21. The fourth-order valence-corrected chi connectivity index (χ4v) is 4.54. The van der Waals surface area contributed by atoms with Gasteiger partial charge in [0, 0.05) is 9.35 Å². The Labute approximate surface area is 115 Å². The summed E-state index contributed by atoms with van der Waals surface area (Å²) in [7, 11) is 0. The maximum atomic E-state index is 13.0. The van der Waals surface area contributed by atoms with E-state index < -0.39 is 0 Å². The van der Waals surface area contributed by atoms with E-state index in [1.165, 1.54) is 10.9 Å². The third-order valence-electron chi connectivity index (χ3n) is 2.38. The van der Waals surface area contributed by atoms with Crippen molar-refractivity contribution >= 4 is 43.2 Å². The number of aryl methyl sites for hydroxylation is 1. The van der Waals surface area contributed by atoms with Gasteiger partial charge in [-0.05, 0) is 57.6 Å². The Balaban J connectivity index is 2.41. The highest BCUT2D eigenvalue weighted by Gasteiger charge is 2.16. The number of alkyl halides is 1. The van der Waals surface area contributed by atoms with Crippen LogP contribution in [0.5, 0.6) is 0 Å². The standard InChI is InChI=1S/C12H9Br2FS/c1-7-6-8(15)2-3-9(7)11(14)12-10(13)4-5-16-12/h2-6,11H,1H3. The average molecular weight is 364 g/mol. The second-order valence-electron chi connectivity index (χ2n) is 3.50. The molecule has 0 N–H and O–H groups in total. The van der Waals surface area contributed by atoms with Crippen LogP contribution in [-0.2, 0) is 0 Å². The number of rotatable bonds is 2. The lowest BCUT2D eigenvalue weighted by Crippen LogP contribution is -1.95. The normalized spacial score (nSPS) is 12.8. The molecular formula is C12H9Br2FS. The van der Waals surface area contributed by atoms with Crippen LogP contribution in [0.25, 0.3) is 0 Å². The summed E-state index contributed by atoms with van der Waals surface area (Å²) >= 11 is 8.84. The van der Waals surface area contributed by atoms with Gasteiger partial charge in [-0.3, -0.25) is 0 Å². The molecule has 0 aliphatic carbocycles. The predicted molar refractivity (Wildman–Crippen MR) is 73.9 cm³/mol. The van der Waals surface area contributed by atoms with Crippen LogP contribution in [-0.4, -0.2) is 0 Å². The largest absolute Gasteiger partial charge is 0.207 e. The zero-order valence-electron chi connectivity index (χ0n) is 8.51. The molecule has 0 spiro atoms. The zero-order chi connectivity index (χ0) is 11.7.